The van der Waals surface area contributed by atoms with E-state index in [4.69, 9.17) is 0 Å². The molecule has 1 atom stereocenters. The van der Waals surface area contributed by atoms with E-state index in [2.05, 4.69) is 20.8 Å². The lowest BCUT2D eigenvalue weighted by molar-refractivity contribution is -0.122. The minimum Gasteiger partial charge on any atom is -0.299 e. The van der Waals surface area contributed by atoms with E-state index in [0.29, 0.717) is 17.6 Å². The lowest BCUT2D eigenvalue weighted by Gasteiger charge is -2.17. The summed E-state index contributed by atoms with van der Waals surface area (Å²) in [6, 6.07) is 0. The fourth-order valence-corrected chi connectivity index (χ4v) is 1.58. The Balaban J connectivity index is 3.90. The molecule has 0 bridgehead atoms. The third-order valence-electron chi connectivity index (χ3n) is 2.52. The first-order chi connectivity index (χ1) is 5.97. The number of ketones is 1. The van der Waals surface area contributed by atoms with Gasteiger partial charge in [-0.1, -0.05) is 41.0 Å². The Hall–Kier alpha value is -0.330. The second-order valence-electron chi connectivity index (χ2n) is 4.73. The number of carbonyl (C=O) groups is 1. The Bertz CT molecular complexity index is 147. The van der Waals surface area contributed by atoms with Crippen molar-refractivity contribution in [1.29, 1.82) is 0 Å². The number of rotatable bonds is 6. The topological polar surface area (TPSA) is 17.1 Å². The summed E-state index contributed by atoms with van der Waals surface area (Å²) in [4.78, 5) is 11.5. The van der Waals surface area contributed by atoms with E-state index in [9.17, 15) is 4.79 Å². The van der Waals surface area contributed by atoms with Crippen LogP contribution in [-0.2, 0) is 4.79 Å². The summed E-state index contributed by atoms with van der Waals surface area (Å²) in [6.45, 7) is 10.6. The Labute approximate surface area is 82.9 Å². The van der Waals surface area contributed by atoms with E-state index >= 15 is 0 Å². The molecule has 0 aliphatic heterocycles. The van der Waals surface area contributed by atoms with Gasteiger partial charge in [0.25, 0.3) is 0 Å². The first-order valence-corrected chi connectivity index (χ1v) is 5.50. The van der Waals surface area contributed by atoms with Crippen molar-refractivity contribution >= 4 is 5.78 Å². The summed E-state index contributed by atoms with van der Waals surface area (Å²) in [7, 11) is 0. The highest BCUT2D eigenvalue weighted by molar-refractivity contribution is 5.80. The maximum atomic E-state index is 11.5. The maximum Gasteiger partial charge on any atom is 0.135 e. The number of hydrogen-bond acceptors (Lipinski definition) is 1. The molecule has 0 aliphatic rings. The minimum atomic E-state index is 0.209. The van der Waals surface area contributed by atoms with Crippen LogP contribution in [0.2, 0.25) is 0 Å². The Morgan fingerprint density at radius 2 is 1.69 bits per heavy atom. The van der Waals surface area contributed by atoms with Gasteiger partial charge in [-0.3, -0.25) is 4.79 Å². The van der Waals surface area contributed by atoms with Gasteiger partial charge < -0.3 is 0 Å². The van der Waals surface area contributed by atoms with Crippen LogP contribution >= 0.6 is 0 Å². The van der Waals surface area contributed by atoms with E-state index in [1.807, 2.05) is 13.8 Å². The van der Waals surface area contributed by atoms with Crippen LogP contribution in [0.25, 0.3) is 0 Å². The summed E-state index contributed by atoms with van der Waals surface area (Å²) >= 11 is 0. The molecule has 0 saturated carbocycles. The monoisotopic (exact) mass is 184 g/mol. The van der Waals surface area contributed by atoms with E-state index < -0.39 is 0 Å². The SMILES string of the molecule is CCC(CC(=O)C(C)C)CC(C)C. The molecular formula is C12H24O. The highest BCUT2D eigenvalue weighted by atomic mass is 16.1. The fourth-order valence-electron chi connectivity index (χ4n) is 1.58. The van der Waals surface area contributed by atoms with Crippen molar-refractivity contribution in [3.63, 3.8) is 0 Å². The molecule has 0 heterocycles. The van der Waals surface area contributed by atoms with Crippen LogP contribution in [0.5, 0.6) is 0 Å². The zero-order valence-electron chi connectivity index (χ0n) is 9.76. The second kappa shape index (κ2) is 6.17. The highest BCUT2D eigenvalue weighted by Crippen LogP contribution is 2.20. The smallest absolute Gasteiger partial charge is 0.135 e. The average molecular weight is 184 g/mol. The van der Waals surface area contributed by atoms with Crippen molar-refractivity contribution in [1.82, 2.24) is 0 Å². The Morgan fingerprint density at radius 3 is 2.00 bits per heavy atom. The predicted octanol–water partition coefficient (Wildman–Crippen LogP) is 3.67. The standard InChI is InChI=1S/C12H24O/c1-6-11(7-9(2)3)8-12(13)10(4)5/h9-11H,6-8H2,1-5H3. The molecule has 0 aliphatic carbocycles. The zero-order valence-corrected chi connectivity index (χ0v) is 9.76. The molecule has 0 radical (unpaired) electrons. The van der Waals surface area contributed by atoms with Gasteiger partial charge in [-0.25, -0.2) is 0 Å². The molecule has 1 unspecified atom stereocenters. The quantitative estimate of drug-likeness (QED) is 0.615. The summed E-state index contributed by atoms with van der Waals surface area (Å²) in [5.74, 6) is 1.95. The molecule has 1 nitrogen and oxygen atoms in total. The minimum absolute atomic E-state index is 0.209. The van der Waals surface area contributed by atoms with Crippen molar-refractivity contribution in [2.45, 2.75) is 53.9 Å². The molecule has 0 rings (SSSR count). The third kappa shape index (κ3) is 5.84. The summed E-state index contributed by atoms with van der Waals surface area (Å²) < 4.78 is 0. The van der Waals surface area contributed by atoms with E-state index in [1.165, 1.54) is 6.42 Å². The number of Topliss-reactive ketones (excluding diaryl/α,β-unsaturated/α-hetero) is 1. The Kier molecular flexibility index (Phi) is 6.02. The van der Waals surface area contributed by atoms with Gasteiger partial charge in [0.05, 0.1) is 0 Å². The molecule has 0 aromatic rings. The van der Waals surface area contributed by atoms with E-state index in [0.717, 1.165) is 12.8 Å². The first-order valence-electron chi connectivity index (χ1n) is 5.50. The third-order valence-corrected chi connectivity index (χ3v) is 2.52. The lowest BCUT2D eigenvalue weighted by Crippen LogP contribution is -2.14. The Morgan fingerprint density at radius 1 is 1.15 bits per heavy atom. The van der Waals surface area contributed by atoms with Gasteiger partial charge >= 0.3 is 0 Å². The molecule has 1 heteroatoms. The number of carbonyl (C=O) groups excluding carboxylic acids is 1. The van der Waals surface area contributed by atoms with Crippen molar-refractivity contribution in [3.8, 4) is 0 Å². The summed E-state index contributed by atoms with van der Waals surface area (Å²) in [6.07, 6.45) is 3.11. The molecule has 0 aromatic carbocycles. The first kappa shape index (κ1) is 12.7. The van der Waals surface area contributed by atoms with Gasteiger partial charge in [-0.2, -0.15) is 0 Å². The van der Waals surface area contributed by atoms with Crippen LogP contribution in [0.1, 0.15) is 53.9 Å². The summed E-state index contributed by atoms with van der Waals surface area (Å²) in [5, 5.41) is 0. The maximum absolute atomic E-state index is 11.5. The largest absolute Gasteiger partial charge is 0.299 e. The van der Waals surface area contributed by atoms with Gasteiger partial charge in [0.2, 0.25) is 0 Å². The molecule has 0 saturated heterocycles. The molecular weight excluding hydrogens is 160 g/mol. The molecule has 0 spiro atoms. The van der Waals surface area contributed by atoms with Crippen LogP contribution in [0, 0.1) is 17.8 Å². The van der Waals surface area contributed by atoms with Gasteiger partial charge in [-0.15, -0.1) is 0 Å². The molecule has 0 aromatic heterocycles. The molecule has 78 valence electrons. The van der Waals surface area contributed by atoms with Gasteiger partial charge in [0.1, 0.15) is 5.78 Å². The van der Waals surface area contributed by atoms with Crippen LogP contribution in [0.3, 0.4) is 0 Å². The molecule has 0 amide bonds. The molecule has 0 N–H and O–H groups in total. The van der Waals surface area contributed by atoms with E-state index in [-0.39, 0.29) is 5.92 Å². The van der Waals surface area contributed by atoms with Crippen LogP contribution < -0.4 is 0 Å². The summed E-state index contributed by atoms with van der Waals surface area (Å²) in [5.41, 5.74) is 0. The van der Waals surface area contributed by atoms with Crippen molar-refractivity contribution < 1.29 is 4.79 Å². The van der Waals surface area contributed by atoms with Gasteiger partial charge in [0.15, 0.2) is 0 Å². The van der Waals surface area contributed by atoms with Gasteiger partial charge in [-0.05, 0) is 18.3 Å². The number of hydrogen-bond donors (Lipinski definition) is 0. The van der Waals surface area contributed by atoms with Crippen molar-refractivity contribution in [3.05, 3.63) is 0 Å². The normalized spacial score (nSPS) is 13.8. The highest BCUT2D eigenvalue weighted by Gasteiger charge is 2.15. The average Bonchev–Trinajstić information content (AvgIpc) is 2.02. The molecule has 13 heavy (non-hydrogen) atoms. The second-order valence-corrected chi connectivity index (χ2v) is 4.73. The van der Waals surface area contributed by atoms with Crippen LogP contribution in [0.15, 0.2) is 0 Å². The molecule has 0 fully saturated rings. The van der Waals surface area contributed by atoms with Crippen LogP contribution in [-0.4, -0.2) is 5.78 Å². The van der Waals surface area contributed by atoms with Gasteiger partial charge in [0, 0.05) is 12.3 Å². The van der Waals surface area contributed by atoms with Crippen LogP contribution in [0.4, 0.5) is 0 Å². The predicted molar refractivity (Wildman–Crippen MR) is 57.7 cm³/mol. The lowest BCUT2D eigenvalue weighted by atomic mass is 9.88. The fraction of sp³-hybridized carbons (Fsp3) is 0.917. The van der Waals surface area contributed by atoms with Crippen molar-refractivity contribution in [2.24, 2.45) is 17.8 Å². The van der Waals surface area contributed by atoms with Crippen molar-refractivity contribution in [2.75, 3.05) is 0 Å². The van der Waals surface area contributed by atoms with E-state index in [1.54, 1.807) is 0 Å². The zero-order chi connectivity index (χ0) is 10.4.